The molecule has 94 valence electrons. The van der Waals surface area contributed by atoms with E-state index in [-0.39, 0.29) is 0 Å². The van der Waals surface area contributed by atoms with Crippen LogP contribution in [-0.2, 0) is 0 Å². The van der Waals surface area contributed by atoms with Gasteiger partial charge in [0.15, 0.2) is 0 Å². The van der Waals surface area contributed by atoms with Crippen LogP contribution < -0.4 is 10.6 Å². The number of nitrogens with two attached hydrogens (primary N) is 1. The summed E-state index contributed by atoms with van der Waals surface area (Å²) in [5, 5.41) is 1.18. The van der Waals surface area contributed by atoms with Crippen LogP contribution in [0.2, 0.25) is 0 Å². The Hall–Kier alpha value is -1.36. The Morgan fingerprint density at radius 3 is 3.00 bits per heavy atom. The van der Waals surface area contributed by atoms with Crippen molar-refractivity contribution in [2.24, 2.45) is 5.92 Å². The first kappa shape index (κ1) is 10.6. The van der Waals surface area contributed by atoms with Crippen molar-refractivity contribution < 1.29 is 0 Å². The van der Waals surface area contributed by atoms with E-state index >= 15 is 0 Å². The van der Waals surface area contributed by atoms with Crippen molar-refractivity contribution in [3.05, 3.63) is 10.9 Å². The van der Waals surface area contributed by atoms with Gasteiger partial charge in [-0.2, -0.15) is 4.98 Å². The van der Waals surface area contributed by atoms with Crippen molar-refractivity contribution in [1.82, 2.24) is 9.97 Å². The van der Waals surface area contributed by atoms with Crippen LogP contribution in [-0.4, -0.2) is 22.6 Å². The molecule has 4 rings (SSSR count). The molecule has 2 aromatic rings. The van der Waals surface area contributed by atoms with Crippen LogP contribution in [0.3, 0.4) is 0 Å². The summed E-state index contributed by atoms with van der Waals surface area (Å²) in [5.41, 5.74) is 5.86. The Kier molecular flexibility index (Phi) is 2.09. The second-order valence-electron chi connectivity index (χ2n) is 5.47. The zero-order valence-corrected chi connectivity index (χ0v) is 11.2. The van der Waals surface area contributed by atoms with E-state index in [1.54, 1.807) is 11.3 Å². The molecule has 2 N–H and O–H groups in total. The van der Waals surface area contributed by atoms with Gasteiger partial charge in [-0.25, -0.2) is 4.98 Å². The number of aryl methyl sites for hydroxylation is 1. The molecule has 18 heavy (non-hydrogen) atoms. The van der Waals surface area contributed by atoms with E-state index in [2.05, 4.69) is 27.9 Å². The molecule has 2 fully saturated rings. The molecule has 0 radical (unpaired) electrons. The summed E-state index contributed by atoms with van der Waals surface area (Å²) < 4.78 is 0. The molecule has 2 bridgehead atoms. The van der Waals surface area contributed by atoms with Crippen LogP contribution in [0.25, 0.3) is 10.2 Å². The molecule has 2 aliphatic rings. The van der Waals surface area contributed by atoms with E-state index in [0.29, 0.717) is 12.0 Å². The highest BCUT2D eigenvalue weighted by Crippen LogP contribution is 2.42. The van der Waals surface area contributed by atoms with Gasteiger partial charge >= 0.3 is 0 Å². The van der Waals surface area contributed by atoms with Crippen LogP contribution in [0.15, 0.2) is 6.07 Å². The third kappa shape index (κ3) is 1.43. The summed E-state index contributed by atoms with van der Waals surface area (Å²) >= 11 is 1.70. The summed E-state index contributed by atoms with van der Waals surface area (Å²) in [6, 6.07) is 2.87. The highest BCUT2D eigenvalue weighted by Gasteiger charge is 2.39. The maximum atomic E-state index is 5.86. The number of nitrogens with zero attached hydrogens (tertiary/aromatic N) is 3. The van der Waals surface area contributed by atoms with Gasteiger partial charge in [0.2, 0.25) is 5.95 Å². The molecule has 1 aliphatic heterocycles. The normalized spacial score (nSPS) is 26.4. The predicted octanol–water partition coefficient (Wildman–Crippen LogP) is 2.57. The number of aromatic nitrogens is 2. The average Bonchev–Trinajstić information content (AvgIpc) is 3.00. The molecular formula is C13H16N4S. The van der Waals surface area contributed by atoms with Crippen molar-refractivity contribution >= 4 is 33.3 Å². The maximum absolute atomic E-state index is 5.86. The van der Waals surface area contributed by atoms with Crippen LogP contribution in [0.4, 0.5) is 11.8 Å². The van der Waals surface area contributed by atoms with Gasteiger partial charge in [-0.05, 0) is 38.2 Å². The van der Waals surface area contributed by atoms with Crippen molar-refractivity contribution in [3.63, 3.8) is 0 Å². The summed E-state index contributed by atoms with van der Waals surface area (Å²) in [5.74, 6) is 2.33. The van der Waals surface area contributed by atoms with Gasteiger partial charge in [-0.1, -0.05) is 0 Å². The number of thiophene rings is 1. The van der Waals surface area contributed by atoms with Crippen LogP contribution in [0.1, 0.15) is 24.1 Å². The lowest BCUT2D eigenvalue weighted by Gasteiger charge is -2.28. The zero-order valence-electron chi connectivity index (χ0n) is 10.4. The number of hydrogen-bond acceptors (Lipinski definition) is 5. The quantitative estimate of drug-likeness (QED) is 0.856. The van der Waals surface area contributed by atoms with Gasteiger partial charge in [0.1, 0.15) is 10.6 Å². The predicted molar refractivity (Wildman–Crippen MR) is 75.0 cm³/mol. The van der Waals surface area contributed by atoms with Gasteiger partial charge in [0.05, 0.1) is 5.39 Å². The third-order valence-electron chi connectivity index (χ3n) is 4.19. The SMILES string of the molecule is Cc1cc2c(N3CC4CCC3C4)nc(N)nc2s1. The lowest BCUT2D eigenvalue weighted by Crippen LogP contribution is -2.32. The van der Waals surface area contributed by atoms with Crippen LogP contribution >= 0.6 is 11.3 Å². The van der Waals surface area contributed by atoms with E-state index in [1.165, 1.54) is 29.5 Å². The molecule has 1 saturated heterocycles. The van der Waals surface area contributed by atoms with Crippen molar-refractivity contribution in [3.8, 4) is 0 Å². The Morgan fingerprint density at radius 1 is 1.39 bits per heavy atom. The summed E-state index contributed by atoms with van der Waals surface area (Å²) in [6.45, 7) is 3.26. The average molecular weight is 260 g/mol. The molecule has 0 spiro atoms. The van der Waals surface area contributed by atoms with E-state index in [9.17, 15) is 0 Å². The van der Waals surface area contributed by atoms with Gasteiger partial charge in [0.25, 0.3) is 0 Å². The fourth-order valence-corrected chi connectivity index (χ4v) is 4.33. The molecule has 1 aliphatic carbocycles. The largest absolute Gasteiger partial charge is 0.368 e. The number of fused-ring (bicyclic) bond motifs is 3. The monoisotopic (exact) mass is 260 g/mol. The second-order valence-corrected chi connectivity index (χ2v) is 6.70. The smallest absolute Gasteiger partial charge is 0.223 e. The molecule has 2 atom stereocenters. The molecule has 0 amide bonds. The van der Waals surface area contributed by atoms with Gasteiger partial charge in [-0.3, -0.25) is 0 Å². The van der Waals surface area contributed by atoms with Crippen LogP contribution in [0.5, 0.6) is 0 Å². The molecule has 2 aromatic heterocycles. The highest BCUT2D eigenvalue weighted by molar-refractivity contribution is 7.18. The highest BCUT2D eigenvalue weighted by atomic mass is 32.1. The standard InChI is InChI=1S/C13H16N4S/c1-7-4-10-11(15-13(14)16-12(10)18-7)17-6-8-2-3-9(17)5-8/h4,8-9H,2-3,5-6H2,1H3,(H2,14,15,16). The Bertz CT molecular complexity index is 621. The fourth-order valence-electron chi connectivity index (χ4n) is 3.45. The van der Waals surface area contributed by atoms with E-state index in [4.69, 9.17) is 5.73 Å². The lowest BCUT2D eigenvalue weighted by molar-refractivity contribution is 0.551. The van der Waals surface area contributed by atoms with Crippen molar-refractivity contribution in [1.29, 1.82) is 0 Å². The van der Waals surface area contributed by atoms with Gasteiger partial charge in [-0.15, -0.1) is 11.3 Å². The Balaban J connectivity index is 1.88. The fraction of sp³-hybridized carbons (Fsp3) is 0.538. The minimum absolute atomic E-state index is 0.405. The molecule has 4 nitrogen and oxygen atoms in total. The summed E-state index contributed by atoms with van der Waals surface area (Å²) in [4.78, 5) is 13.6. The van der Waals surface area contributed by atoms with Crippen molar-refractivity contribution in [2.45, 2.75) is 32.2 Å². The minimum atomic E-state index is 0.405. The first-order chi connectivity index (χ1) is 8.70. The number of anilines is 2. The maximum Gasteiger partial charge on any atom is 0.223 e. The molecule has 2 unspecified atom stereocenters. The summed E-state index contributed by atoms with van der Waals surface area (Å²) in [6.07, 6.45) is 4.02. The topological polar surface area (TPSA) is 55.0 Å². The lowest BCUT2D eigenvalue weighted by atomic mass is 10.1. The third-order valence-corrected chi connectivity index (χ3v) is 5.14. The van der Waals surface area contributed by atoms with E-state index in [0.717, 1.165) is 23.1 Å². The number of rotatable bonds is 1. The van der Waals surface area contributed by atoms with Crippen molar-refractivity contribution in [2.75, 3.05) is 17.2 Å². The number of hydrogen-bond donors (Lipinski definition) is 1. The first-order valence-corrected chi connectivity index (χ1v) is 7.32. The summed E-state index contributed by atoms with van der Waals surface area (Å²) in [7, 11) is 0. The molecule has 5 heteroatoms. The first-order valence-electron chi connectivity index (χ1n) is 6.51. The molecular weight excluding hydrogens is 244 g/mol. The van der Waals surface area contributed by atoms with Gasteiger partial charge in [0, 0.05) is 17.5 Å². The van der Waals surface area contributed by atoms with Gasteiger partial charge < -0.3 is 10.6 Å². The minimum Gasteiger partial charge on any atom is -0.368 e. The van der Waals surface area contributed by atoms with Crippen LogP contribution in [0, 0.1) is 12.8 Å². The van der Waals surface area contributed by atoms with E-state index < -0.39 is 0 Å². The second kappa shape index (κ2) is 3.57. The number of piperidine rings is 1. The Labute approximate surface area is 110 Å². The molecule has 1 saturated carbocycles. The molecule has 3 heterocycles. The van der Waals surface area contributed by atoms with E-state index in [1.807, 2.05) is 0 Å². The zero-order chi connectivity index (χ0) is 12.3. The number of nitrogen functional groups attached to an aromatic ring is 1. The Morgan fingerprint density at radius 2 is 2.28 bits per heavy atom. The molecule has 0 aromatic carbocycles.